The van der Waals surface area contributed by atoms with Gasteiger partial charge in [-0.2, -0.15) is 11.8 Å². The first kappa shape index (κ1) is 13.2. The Balaban J connectivity index is 1.77. The Bertz CT molecular complexity index is 576. The molecule has 0 N–H and O–H groups in total. The van der Waals surface area contributed by atoms with E-state index in [1.54, 1.807) is 6.20 Å². The SMILES string of the molecule is O=C(c1nccn1Cc1ccccc1)N1CCSCC1. The Morgan fingerprint density at radius 3 is 2.70 bits per heavy atom. The fourth-order valence-corrected chi connectivity index (χ4v) is 3.23. The van der Waals surface area contributed by atoms with Crippen molar-refractivity contribution in [1.82, 2.24) is 14.5 Å². The minimum atomic E-state index is 0.0474. The number of imidazole rings is 1. The van der Waals surface area contributed by atoms with E-state index in [1.165, 1.54) is 5.56 Å². The zero-order chi connectivity index (χ0) is 13.8. The number of aromatic nitrogens is 2. The Kier molecular flexibility index (Phi) is 4.06. The second kappa shape index (κ2) is 6.13. The van der Waals surface area contributed by atoms with Gasteiger partial charge in [0.1, 0.15) is 0 Å². The molecule has 1 amide bonds. The van der Waals surface area contributed by atoms with Crippen molar-refractivity contribution in [2.45, 2.75) is 6.54 Å². The van der Waals surface area contributed by atoms with Crippen molar-refractivity contribution in [3.05, 3.63) is 54.1 Å². The molecule has 5 heteroatoms. The van der Waals surface area contributed by atoms with Gasteiger partial charge in [-0.05, 0) is 5.56 Å². The van der Waals surface area contributed by atoms with Gasteiger partial charge >= 0.3 is 0 Å². The van der Waals surface area contributed by atoms with Crippen molar-refractivity contribution in [1.29, 1.82) is 0 Å². The van der Waals surface area contributed by atoms with Gasteiger partial charge in [0, 0.05) is 43.5 Å². The average Bonchev–Trinajstić information content (AvgIpc) is 2.96. The van der Waals surface area contributed by atoms with Crippen molar-refractivity contribution in [3.63, 3.8) is 0 Å². The zero-order valence-corrected chi connectivity index (χ0v) is 12.1. The van der Waals surface area contributed by atoms with E-state index in [0.717, 1.165) is 24.6 Å². The lowest BCUT2D eigenvalue weighted by Crippen LogP contribution is -2.39. The highest BCUT2D eigenvalue weighted by Crippen LogP contribution is 2.13. The van der Waals surface area contributed by atoms with Crippen LogP contribution in [0.2, 0.25) is 0 Å². The van der Waals surface area contributed by atoms with Gasteiger partial charge in [-0.25, -0.2) is 4.98 Å². The first-order chi connectivity index (χ1) is 9.84. The van der Waals surface area contributed by atoms with Gasteiger partial charge in [-0.1, -0.05) is 30.3 Å². The fourth-order valence-electron chi connectivity index (χ4n) is 2.32. The third-order valence-corrected chi connectivity index (χ3v) is 4.34. The highest BCUT2D eigenvalue weighted by atomic mass is 32.2. The van der Waals surface area contributed by atoms with Gasteiger partial charge < -0.3 is 9.47 Å². The lowest BCUT2D eigenvalue weighted by atomic mass is 10.2. The standard InChI is InChI=1S/C15H17N3OS/c19-15(17-8-10-20-11-9-17)14-16-6-7-18(14)12-13-4-2-1-3-5-13/h1-7H,8-12H2. The number of amides is 1. The number of hydrogen-bond donors (Lipinski definition) is 0. The summed E-state index contributed by atoms with van der Waals surface area (Å²) in [6.07, 6.45) is 3.58. The predicted molar refractivity (Wildman–Crippen MR) is 81.0 cm³/mol. The molecular weight excluding hydrogens is 270 g/mol. The molecule has 0 bridgehead atoms. The molecule has 1 aromatic carbocycles. The summed E-state index contributed by atoms with van der Waals surface area (Å²) in [5.41, 5.74) is 1.17. The Morgan fingerprint density at radius 2 is 1.95 bits per heavy atom. The number of carbonyl (C=O) groups is 1. The van der Waals surface area contributed by atoms with Gasteiger partial charge in [0.05, 0.1) is 0 Å². The van der Waals surface area contributed by atoms with E-state index in [1.807, 2.05) is 45.6 Å². The number of nitrogens with zero attached hydrogens (tertiary/aromatic N) is 3. The van der Waals surface area contributed by atoms with E-state index in [9.17, 15) is 4.79 Å². The third-order valence-electron chi connectivity index (χ3n) is 3.40. The molecule has 1 aromatic heterocycles. The maximum atomic E-state index is 12.5. The van der Waals surface area contributed by atoms with E-state index < -0.39 is 0 Å². The van der Waals surface area contributed by atoms with Crippen LogP contribution in [-0.2, 0) is 6.54 Å². The van der Waals surface area contributed by atoms with Gasteiger partial charge in [-0.3, -0.25) is 4.79 Å². The van der Waals surface area contributed by atoms with Gasteiger partial charge in [0.15, 0.2) is 5.82 Å². The Morgan fingerprint density at radius 1 is 1.20 bits per heavy atom. The van der Waals surface area contributed by atoms with E-state index in [0.29, 0.717) is 12.4 Å². The van der Waals surface area contributed by atoms with Crippen LogP contribution in [0.15, 0.2) is 42.7 Å². The minimum absolute atomic E-state index is 0.0474. The monoisotopic (exact) mass is 287 g/mol. The van der Waals surface area contributed by atoms with Crippen LogP contribution >= 0.6 is 11.8 Å². The van der Waals surface area contributed by atoms with Crippen LogP contribution in [0.4, 0.5) is 0 Å². The normalized spacial score (nSPS) is 15.3. The molecule has 4 nitrogen and oxygen atoms in total. The van der Waals surface area contributed by atoms with Gasteiger partial charge in [-0.15, -0.1) is 0 Å². The smallest absolute Gasteiger partial charge is 0.289 e. The summed E-state index contributed by atoms with van der Waals surface area (Å²) < 4.78 is 1.93. The predicted octanol–water partition coefficient (Wildman–Crippen LogP) is 2.12. The van der Waals surface area contributed by atoms with E-state index in [4.69, 9.17) is 0 Å². The maximum Gasteiger partial charge on any atom is 0.289 e. The quantitative estimate of drug-likeness (QED) is 0.868. The first-order valence-electron chi connectivity index (χ1n) is 6.76. The van der Waals surface area contributed by atoms with Crippen LogP contribution in [0.25, 0.3) is 0 Å². The molecule has 1 aliphatic heterocycles. The van der Waals surface area contributed by atoms with Gasteiger partial charge in [0.2, 0.25) is 0 Å². The summed E-state index contributed by atoms with van der Waals surface area (Å²) in [7, 11) is 0. The van der Waals surface area contributed by atoms with Crippen molar-refractivity contribution in [2.75, 3.05) is 24.6 Å². The van der Waals surface area contributed by atoms with Crippen molar-refractivity contribution in [2.24, 2.45) is 0 Å². The van der Waals surface area contributed by atoms with Crippen molar-refractivity contribution in [3.8, 4) is 0 Å². The molecule has 1 saturated heterocycles. The molecule has 2 aromatic rings. The van der Waals surface area contributed by atoms with Crippen LogP contribution in [0.5, 0.6) is 0 Å². The first-order valence-corrected chi connectivity index (χ1v) is 7.92. The summed E-state index contributed by atoms with van der Waals surface area (Å²) in [5.74, 6) is 2.63. The highest BCUT2D eigenvalue weighted by Gasteiger charge is 2.22. The lowest BCUT2D eigenvalue weighted by molar-refractivity contribution is 0.0755. The molecule has 0 saturated carbocycles. The summed E-state index contributed by atoms with van der Waals surface area (Å²) >= 11 is 1.90. The molecule has 1 aliphatic rings. The summed E-state index contributed by atoms with van der Waals surface area (Å²) in [6.45, 7) is 2.33. The summed E-state index contributed by atoms with van der Waals surface area (Å²) in [4.78, 5) is 18.7. The molecule has 0 aliphatic carbocycles. The number of thioether (sulfide) groups is 1. The molecule has 2 heterocycles. The molecule has 0 unspecified atom stereocenters. The molecule has 1 fully saturated rings. The number of benzene rings is 1. The molecule has 0 radical (unpaired) electrons. The topological polar surface area (TPSA) is 38.1 Å². The molecule has 20 heavy (non-hydrogen) atoms. The highest BCUT2D eigenvalue weighted by molar-refractivity contribution is 7.99. The minimum Gasteiger partial charge on any atom is -0.334 e. The fraction of sp³-hybridized carbons (Fsp3) is 0.333. The molecule has 0 atom stereocenters. The third kappa shape index (κ3) is 2.88. The van der Waals surface area contributed by atoms with Crippen LogP contribution < -0.4 is 0 Å². The van der Waals surface area contributed by atoms with E-state index in [2.05, 4.69) is 17.1 Å². The van der Waals surface area contributed by atoms with E-state index >= 15 is 0 Å². The summed E-state index contributed by atoms with van der Waals surface area (Å²) in [5, 5.41) is 0. The van der Waals surface area contributed by atoms with Crippen LogP contribution in [-0.4, -0.2) is 45.0 Å². The molecule has 3 rings (SSSR count). The van der Waals surface area contributed by atoms with Gasteiger partial charge in [0.25, 0.3) is 5.91 Å². The molecule has 104 valence electrons. The maximum absolute atomic E-state index is 12.5. The Labute approximate surface area is 122 Å². The average molecular weight is 287 g/mol. The Hall–Kier alpha value is -1.75. The largest absolute Gasteiger partial charge is 0.334 e. The number of hydrogen-bond acceptors (Lipinski definition) is 3. The van der Waals surface area contributed by atoms with Crippen molar-refractivity contribution >= 4 is 17.7 Å². The molecular formula is C15H17N3OS. The number of rotatable bonds is 3. The summed E-state index contributed by atoms with van der Waals surface area (Å²) in [6, 6.07) is 10.1. The van der Waals surface area contributed by atoms with Crippen molar-refractivity contribution < 1.29 is 4.79 Å². The second-order valence-electron chi connectivity index (χ2n) is 4.77. The lowest BCUT2D eigenvalue weighted by Gasteiger charge is -2.26. The molecule has 0 spiro atoms. The van der Waals surface area contributed by atoms with E-state index in [-0.39, 0.29) is 5.91 Å². The number of carbonyl (C=O) groups excluding carboxylic acids is 1. The van der Waals surface area contributed by atoms with Crippen LogP contribution in [0, 0.1) is 0 Å². The zero-order valence-electron chi connectivity index (χ0n) is 11.2. The second-order valence-corrected chi connectivity index (χ2v) is 5.99. The van der Waals surface area contributed by atoms with Crippen LogP contribution in [0.3, 0.4) is 0 Å². The van der Waals surface area contributed by atoms with Crippen LogP contribution in [0.1, 0.15) is 16.2 Å².